The van der Waals surface area contributed by atoms with Crippen LogP contribution >= 0.6 is 15.6 Å². The Balaban J connectivity index is 5.35. The summed E-state index contributed by atoms with van der Waals surface area (Å²) >= 11 is 0. The van der Waals surface area contributed by atoms with Gasteiger partial charge in [-0.2, -0.15) is 0 Å². The predicted molar refractivity (Wildman–Crippen MR) is 381 cm³/mol. The number of phosphoric ester groups is 2. The molecule has 0 saturated carbocycles. The molecule has 0 radical (unpaired) electrons. The summed E-state index contributed by atoms with van der Waals surface area (Å²) in [7, 11) is -9.95. The maximum absolute atomic E-state index is 13.0. The zero-order chi connectivity index (χ0) is 69.0. The lowest BCUT2D eigenvalue weighted by Gasteiger charge is -2.21. The molecule has 0 saturated heterocycles. The Kier molecular flexibility index (Phi) is 64.7. The van der Waals surface area contributed by atoms with Crippen LogP contribution in [0.25, 0.3) is 0 Å². The van der Waals surface area contributed by atoms with Gasteiger partial charge in [0.15, 0.2) is 12.2 Å². The van der Waals surface area contributed by atoms with Crippen LogP contribution < -0.4 is 0 Å². The highest BCUT2D eigenvalue weighted by atomic mass is 31.2. The van der Waals surface area contributed by atoms with Crippen molar-refractivity contribution in [2.24, 2.45) is 0 Å². The third-order valence-electron chi connectivity index (χ3n) is 15.0. The molecule has 0 rings (SSSR count). The molecule has 0 spiro atoms. The van der Waals surface area contributed by atoms with Crippen LogP contribution in [0, 0.1) is 0 Å². The highest BCUT2D eigenvalue weighted by Gasteiger charge is 2.30. The number of hydrogen-bond acceptors (Lipinski definition) is 15. The van der Waals surface area contributed by atoms with Gasteiger partial charge < -0.3 is 33.8 Å². The molecule has 0 aromatic heterocycles. The number of phosphoric acid groups is 2. The minimum Gasteiger partial charge on any atom is -0.462 e. The first-order chi connectivity index (χ1) is 45.7. The van der Waals surface area contributed by atoms with Gasteiger partial charge in [-0.15, -0.1) is 0 Å². The van der Waals surface area contributed by atoms with E-state index >= 15 is 0 Å². The molecule has 3 N–H and O–H groups in total. The summed E-state index contributed by atoms with van der Waals surface area (Å²) in [5, 5.41) is 10.6. The first-order valence-corrected chi connectivity index (χ1v) is 39.5. The quantitative estimate of drug-likeness (QED) is 0.0169. The van der Waals surface area contributed by atoms with Crippen LogP contribution in [0.5, 0.6) is 0 Å². The Labute approximate surface area is 569 Å². The fraction of sp³-hybridized carbons (Fsp3) is 0.733. The molecule has 5 atom stereocenters. The lowest BCUT2D eigenvalue weighted by Crippen LogP contribution is -2.30. The van der Waals surface area contributed by atoms with Crippen molar-refractivity contribution in [3.63, 3.8) is 0 Å². The zero-order valence-electron chi connectivity index (χ0n) is 58.9. The molecule has 5 unspecified atom stereocenters. The lowest BCUT2D eigenvalue weighted by molar-refractivity contribution is -0.161. The second-order valence-electron chi connectivity index (χ2n) is 24.2. The van der Waals surface area contributed by atoms with E-state index in [0.29, 0.717) is 32.1 Å². The fourth-order valence-corrected chi connectivity index (χ4v) is 11.0. The van der Waals surface area contributed by atoms with Crippen LogP contribution in [-0.2, 0) is 65.4 Å². The number of aliphatic hydroxyl groups excluding tert-OH is 1. The van der Waals surface area contributed by atoms with Crippen LogP contribution in [0.15, 0.2) is 97.2 Å². The molecule has 94 heavy (non-hydrogen) atoms. The van der Waals surface area contributed by atoms with E-state index in [1.165, 1.54) is 70.6 Å². The number of aliphatic hydroxyl groups is 1. The molecular formula is C75H130O17P2. The van der Waals surface area contributed by atoms with Crippen molar-refractivity contribution >= 4 is 39.5 Å². The van der Waals surface area contributed by atoms with Crippen molar-refractivity contribution < 1.29 is 80.2 Å². The smallest absolute Gasteiger partial charge is 0.462 e. The van der Waals surface area contributed by atoms with E-state index in [-0.39, 0.29) is 25.7 Å². The van der Waals surface area contributed by atoms with E-state index in [0.717, 1.165) is 141 Å². The monoisotopic (exact) mass is 1360 g/mol. The van der Waals surface area contributed by atoms with Gasteiger partial charge >= 0.3 is 39.5 Å². The van der Waals surface area contributed by atoms with Crippen LogP contribution in [0.1, 0.15) is 297 Å². The number of allylic oxidation sites excluding steroid dienone is 16. The molecule has 0 aromatic rings. The number of esters is 4. The van der Waals surface area contributed by atoms with Gasteiger partial charge in [-0.1, -0.05) is 253 Å². The fourth-order valence-electron chi connectivity index (χ4n) is 9.44. The van der Waals surface area contributed by atoms with Crippen molar-refractivity contribution in [2.75, 3.05) is 39.6 Å². The summed E-state index contributed by atoms with van der Waals surface area (Å²) in [4.78, 5) is 72.6. The Morgan fingerprint density at radius 3 is 0.957 bits per heavy atom. The van der Waals surface area contributed by atoms with Crippen LogP contribution in [0.2, 0.25) is 0 Å². The Morgan fingerprint density at radius 2 is 0.574 bits per heavy atom. The second-order valence-corrected chi connectivity index (χ2v) is 27.1. The summed E-state index contributed by atoms with van der Waals surface area (Å²) in [5.74, 6) is -2.26. The first kappa shape index (κ1) is 90.0. The van der Waals surface area contributed by atoms with Crippen molar-refractivity contribution in [1.29, 1.82) is 0 Å². The normalized spacial score (nSPS) is 14.6. The summed E-state index contributed by atoms with van der Waals surface area (Å²) < 4.78 is 68.2. The number of unbranched alkanes of at least 4 members (excludes halogenated alkanes) is 26. The van der Waals surface area contributed by atoms with Gasteiger partial charge in [-0.05, 0) is 116 Å². The average Bonchev–Trinajstić information content (AvgIpc) is 1.32. The summed E-state index contributed by atoms with van der Waals surface area (Å²) in [6.07, 6.45) is 68.5. The van der Waals surface area contributed by atoms with Crippen LogP contribution in [-0.4, -0.2) is 96.7 Å². The number of carbonyl (C=O) groups excluding carboxylic acids is 4. The van der Waals surface area contributed by atoms with Gasteiger partial charge in [0, 0.05) is 25.7 Å². The highest BCUT2D eigenvalue weighted by Crippen LogP contribution is 2.45. The SMILES string of the molecule is CC/C=C\C/C=C\C/C=C\C/C=C\C/C=C\CCCC(=O)OCC(COP(=O)(O)OCC(O)COP(=O)(O)OCC(COC(=O)CCCCCCC/C=C\C/C=C\CCCCC)OC(=O)CCCCCCC/C=C\CCCC)OC(=O)CCCCCCCCCCCCC. The summed E-state index contributed by atoms with van der Waals surface area (Å²) in [6, 6.07) is 0. The van der Waals surface area contributed by atoms with E-state index < -0.39 is 97.5 Å². The first-order valence-electron chi connectivity index (χ1n) is 36.5. The molecule has 0 bridgehead atoms. The van der Waals surface area contributed by atoms with Crippen molar-refractivity contribution in [1.82, 2.24) is 0 Å². The Bertz CT molecular complexity index is 2170. The standard InChI is InChI=1S/C75H130O17P2/c1-5-9-13-17-21-25-29-31-33-34-36-38-42-44-48-52-56-60-73(78)86-66-71(92-75(80)62-58-54-50-46-40-28-24-20-16-12-8-4)68-90-94(83,84)88-64-69(76)63-87-93(81,82)89-67-70(91-74(79)61-57-53-49-45-39-27-23-19-15-11-7-3)65-85-72(77)59-55-51-47-43-41-37-35-32-30-26-22-18-14-10-6-2/h9,13,19,21-23,25-26,31-33,35-36,38,44,48,69-71,76H,5-8,10-12,14-18,20,24,27-30,34,37,39-43,45-47,49-68H2,1-4H3,(H,81,82)(H,83,84)/b13-9-,23-19-,25-21-,26-22-,33-31-,35-32-,38-36-,48-44-. The maximum Gasteiger partial charge on any atom is 0.472 e. The topological polar surface area (TPSA) is 237 Å². The van der Waals surface area contributed by atoms with E-state index in [4.69, 9.17) is 37.0 Å². The maximum atomic E-state index is 13.0. The third-order valence-corrected chi connectivity index (χ3v) is 16.9. The van der Waals surface area contributed by atoms with Crippen molar-refractivity contribution in [2.45, 2.75) is 316 Å². The second kappa shape index (κ2) is 67.5. The molecular weight excluding hydrogens is 1230 g/mol. The van der Waals surface area contributed by atoms with E-state index in [2.05, 4.69) is 113 Å². The van der Waals surface area contributed by atoms with Gasteiger partial charge in [-0.3, -0.25) is 37.3 Å². The van der Waals surface area contributed by atoms with Crippen molar-refractivity contribution in [3.8, 4) is 0 Å². The molecule has 0 aliphatic heterocycles. The Morgan fingerprint density at radius 1 is 0.309 bits per heavy atom. The summed E-state index contributed by atoms with van der Waals surface area (Å²) in [6.45, 7) is 4.59. The van der Waals surface area contributed by atoms with Gasteiger partial charge in [0.2, 0.25) is 0 Å². The molecule has 0 amide bonds. The van der Waals surface area contributed by atoms with Gasteiger partial charge in [0.25, 0.3) is 0 Å². The van der Waals surface area contributed by atoms with Gasteiger partial charge in [0.1, 0.15) is 19.3 Å². The lowest BCUT2D eigenvalue weighted by atomic mass is 10.1. The molecule has 0 fully saturated rings. The van der Waals surface area contributed by atoms with Gasteiger partial charge in [-0.25, -0.2) is 9.13 Å². The molecule has 0 aliphatic rings. The zero-order valence-corrected chi connectivity index (χ0v) is 60.7. The number of carbonyl (C=O) groups is 4. The van der Waals surface area contributed by atoms with E-state index in [9.17, 15) is 43.2 Å². The van der Waals surface area contributed by atoms with Crippen LogP contribution in [0.3, 0.4) is 0 Å². The number of ether oxygens (including phenoxy) is 4. The molecule has 542 valence electrons. The molecule has 0 aromatic carbocycles. The molecule has 17 nitrogen and oxygen atoms in total. The number of rotatable bonds is 68. The largest absolute Gasteiger partial charge is 0.472 e. The molecule has 0 aliphatic carbocycles. The third kappa shape index (κ3) is 66.6. The predicted octanol–water partition coefficient (Wildman–Crippen LogP) is 20.4. The van der Waals surface area contributed by atoms with Crippen LogP contribution in [0.4, 0.5) is 0 Å². The minimum atomic E-state index is -4.98. The van der Waals surface area contributed by atoms with Gasteiger partial charge in [0.05, 0.1) is 26.4 Å². The minimum absolute atomic E-state index is 0.0808. The van der Waals surface area contributed by atoms with E-state index in [1.807, 2.05) is 12.2 Å². The molecule has 19 heteroatoms. The highest BCUT2D eigenvalue weighted by molar-refractivity contribution is 7.47. The molecule has 0 heterocycles. The average molecular weight is 1370 g/mol. The number of hydrogen-bond donors (Lipinski definition) is 3. The van der Waals surface area contributed by atoms with E-state index in [1.54, 1.807) is 0 Å². The Hall–Kier alpha value is -4.02. The van der Waals surface area contributed by atoms with Crippen molar-refractivity contribution in [3.05, 3.63) is 97.2 Å². The summed E-state index contributed by atoms with van der Waals surface area (Å²) in [5.41, 5.74) is 0.